The Hall–Kier alpha value is -2.63. The van der Waals surface area contributed by atoms with E-state index in [1.807, 2.05) is 6.07 Å². The number of benzene rings is 1. The molecule has 1 aliphatic rings. The Bertz CT molecular complexity index is 760. The molecule has 2 amide bonds. The monoisotopic (exact) mass is 344 g/mol. The molecule has 2 aromatic rings. The molecular weight excluding hydrogens is 323 g/mol. The maximum atomic E-state index is 13.7. The minimum Gasteiger partial charge on any atom is -0.467 e. The van der Waals surface area contributed by atoms with E-state index in [2.05, 4.69) is 0 Å². The third-order valence-electron chi connectivity index (χ3n) is 4.72. The van der Waals surface area contributed by atoms with Gasteiger partial charge < -0.3 is 14.2 Å². The Morgan fingerprint density at radius 2 is 2.16 bits per heavy atom. The van der Waals surface area contributed by atoms with E-state index in [1.165, 1.54) is 12.1 Å². The van der Waals surface area contributed by atoms with Gasteiger partial charge in [-0.3, -0.25) is 9.59 Å². The lowest BCUT2D eigenvalue weighted by Crippen LogP contribution is -2.46. The first kappa shape index (κ1) is 17.2. The Kier molecular flexibility index (Phi) is 4.88. The van der Waals surface area contributed by atoms with Crippen molar-refractivity contribution in [1.82, 2.24) is 9.80 Å². The first-order valence-corrected chi connectivity index (χ1v) is 8.26. The van der Waals surface area contributed by atoms with Gasteiger partial charge in [-0.2, -0.15) is 0 Å². The van der Waals surface area contributed by atoms with E-state index >= 15 is 0 Å². The van der Waals surface area contributed by atoms with Crippen molar-refractivity contribution in [2.45, 2.75) is 25.4 Å². The molecule has 0 bridgehead atoms. The van der Waals surface area contributed by atoms with Crippen molar-refractivity contribution in [3.63, 3.8) is 0 Å². The van der Waals surface area contributed by atoms with Gasteiger partial charge in [-0.05, 0) is 36.2 Å². The fraction of sp³-hybridized carbons (Fsp3) is 0.368. The summed E-state index contributed by atoms with van der Waals surface area (Å²) in [5, 5.41) is 0. The quantitative estimate of drug-likeness (QED) is 0.857. The summed E-state index contributed by atoms with van der Waals surface area (Å²) in [6.07, 6.45) is 2.33. The average Bonchev–Trinajstić information content (AvgIpc) is 3.09. The van der Waals surface area contributed by atoms with Crippen molar-refractivity contribution >= 4 is 11.8 Å². The second-order valence-corrected chi connectivity index (χ2v) is 6.42. The lowest BCUT2D eigenvalue weighted by Gasteiger charge is -2.39. The number of amides is 2. The predicted octanol–water partition coefficient (Wildman–Crippen LogP) is 2.99. The summed E-state index contributed by atoms with van der Waals surface area (Å²) in [5.41, 5.74) is 0.639. The zero-order valence-corrected chi connectivity index (χ0v) is 14.3. The standard InChI is InChI=1S/C19H21FN2O3/c1-21(12-15-7-4-10-25-15)19(24)16-8-9-17(23)22(2)18(16)13-5-3-6-14(20)11-13/h3-7,10-11,16,18H,8-9,12H2,1-2H3/t16-,18+/m0/s1. The highest BCUT2D eigenvalue weighted by Gasteiger charge is 2.40. The van der Waals surface area contributed by atoms with Crippen LogP contribution >= 0.6 is 0 Å². The van der Waals surface area contributed by atoms with Crippen molar-refractivity contribution < 1.29 is 18.4 Å². The van der Waals surface area contributed by atoms with E-state index in [9.17, 15) is 14.0 Å². The zero-order valence-electron chi connectivity index (χ0n) is 14.3. The molecule has 3 rings (SSSR count). The predicted molar refractivity (Wildman–Crippen MR) is 89.8 cm³/mol. The van der Waals surface area contributed by atoms with E-state index in [4.69, 9.17) is 4.42 Å². The molecular formula is C19H21FN2O3. The molecule has 6 heteroatoms. The highest BCUT2D eigenvalue weighted by atomic mass is 19.1. The van der Waals surface area contributed by atoms with E-state index in [-0.39, 0.29) is 17.6 Å². The average molecular weight is 344 g/mol. The summed E-state index contributed by atoms with van der Waals surface area (Å²) in [6, 6.07) is 9.23. The van der Waals surface area contributed by atoms with Crippen LogP contribution in [-0.4, -0.2) is 35.7 Å². The summed E-state index contributed by atoms with van der Waals surface area (Å²) in [7, 11) is 3.38. The van der Waals surface area contributed by atoms with Crippen molar-refractivity contribution in [2.75, 3.05) is 14.1 Å². The van der Waals surface area contributed by atoms with Crippen LogP contribution in [0.15, 0.2) is 47.1 Å². The van der Waals surface area contributed by atoms with Gasteiger partial charge in [0.05, 0.1) is 24.8 Å². The Labute approximate surface area is 146 Å². The Balaban J connectivity index is 1.86. The second kappa shape index (κ2) is 7.09. The molecule has 1 aliphatic heterocycles. The molecule has 1 fully saturated rings. The molecule has 132 valence electrons. The zero-order chi connectivity index (χ0) is 18.0. The first-order chi connectivity index (χ1) is 12.0. The maximum absolute atomic E-state index is 13.7. The Morgan fingerprint density at radius 3 is 2.84 bits per heavy atom. The van der Waals surface area contributed by atoms with Crippen LogP contribution in [0.25, 0.3) is 0 Å². The van der Waals surface area contributed by atoms with Crippen molar-refractivity contribution in [1.29, 1.82) is 0 Å². The molecule has 1 saturated heterocycles. The number of hydrogen-bond acceptors (Lipinski definition) is 3. The summed E-state index contributed by atoms with van der Waals surface area (Å²) in [5.74, 6) is -0.209. The molecule has 2 atom stereocenters. The van der Waals surface area contributed by atoms with Crippen LogP contribution in [0.4, 0.5) is 4.39 Å². The van der Waals surface area contributed by atoms with Crippen molar-refractivity contribution in [3.05, 3.63) is 59.8 Å². The van der Waals surface area contributed by atoms with Gasteiger partial charge in [0.25, 0.3) is 0 Å². The topological polar surface area (TPSA) is 53.8 Å². The maximum Gasteiger partial charge on any atom is 0.228 e. The minimum absolute atomic E-state index is 0.0352. The summed E-state index contributed by atoms with van der Waals surface area (Å²) < 4.78 is 19.0. The lowest BCUT2D eigenvalue weighted by molar-refractivity contribution is -0.146. The van der Waals surface area contributed by atoms with E-state index < -0.39 is 12.0 Å². The Morgan fingerprint density at radius 1 is 1.36 bits per heavy atom. The molecule has 0 saturated carbocycles. The number of carbonyl (C=O) groups is 2. The summed E-state index contributed by atoms with van der Waals surface area (Å²) in [6.45, 7) is 0.357. The van der Waals surface area contributed by atoms with Gasteiger partial charge in [0.1, 0.15) is 11.6 Å². The largest absolute Gasteiger partial charge is 0.467 e. The molecule has 0 spiro atoms. The fourth-order valence-corrected chi connectivity index (χ4v) is 3.44. The van der Waals surface area contributed by atoms with Gasteiger partial charge >= 0.3 is 0 Å². The van der Waals surface area contributed by atoms with Crippen LogP contribution in [0.3, 0.4) is 0 Å². The SMILES string of the molecule is CN(Cc1ccco1)C(=O)[C@H]1CCC(=O)N(C)[C@@H]1c1cccc(F)c1. The first-order valence-electron chi connectivity index (χ1n) is 8.26. The second-order valence-electron chi connectivity index (χ2n) is 6.42. The van der Waals surface area contributed by atoms with Gasteiger partial charge in [-0.15, -0.1) is 0 Å². The number of rotatable bonds is 4. The molecule has 25 heavy (non-hydrogen) atoms. The third kappa shape index (κ3) is 3.57. The fourth-order valence-electron chi connectivity index (χ4n) is 3.44. The van der Waals surface area contributed by atoms with Gasteiger partial charge in [-0.25, -0.2) is 4.39 Å². The van der Waals surface area contributed by atoms with E-state index in [1.54, 1.807) is 48.4 Å². The van der Waals surface area contributed by atoms with Crippen molar-refractivity contribution in [2.24, 2.45) is 5.92 Å². The number of nitrogens with zero attached hydrogens (tertiary/aromatic N) is 2. The molecule has 5 nitrogen and oxygen atoms in total. The number of halogens is 1. The van der Waals surface area contributed by atoms with Gasteiger partial charge in [0, 0.05) is 20.5 Å². The smallest absolute Gasteiger partial charge is 0.228 e. The molecule has 0 radical (unpaired) electrons. The molecule has 1 aromatic heterocycles. The molecule has 1 aromatic carbocycles. The third-order valence-corrected chi connectivity index (χ3v) is 4.72. The molecule has 2 heterocycles. The van der Waals surface area contributed by atoms with Gasteiger partial charge in [0.15, 0.2) is 0 Å². The highest BCUT2D eigenvalue weighted by molar-refractivity contribution is 5.84. The minimum atomic E-state index is -0.469. The van der Waals surface area contributed by atoms with Crippen molar-refractivity contribution in [3.8, 4) is 0 Å². The van der Waals surface area contributed by atoms with Crippen LogP contribution in [0, 0.1) is 11.7 Å². The molecule has 0 unspecified atom stereocenters. The number of piperidine rings is 1. The van der Waals surface area contributed by atoms with Gasteiger partial charge in [-0.1, -0.05) is 12.1 Å². The summed E-state index contributed by atoms with van der Waals surface area (Å²) in [4.78, 5) is 28.3. The van der Waals surface area contributed by atoms with Crippen LogP contribution in [-0.2, 0) is 16.1 Å². The van der Waals surface area contributed by atoms with Crippen LogP contribution in [0.1, 0.15) is 30.2 Å². The number of carbonyl (C=O) groups excluding carboxylic acids is 2. The number of hydrogen-bond donors (Lipinski definition) is 0. The van der Waals surface area contributed by atoms with Gasteiger partial charge in [0.2, 0.25) is 11.8 Å². The number of furan rings is 1. The van der Waals surface area contributed by atoms with E-state index in [0.29, 0.717) is 30.7 Å². The highest BCUT2D eigenvalue weighted by Crippen LogP contribution is 2.37. The molecule has 0 aliphatic carbocycles. The van der Waals surface area contributed by atoms with E-state index in [0.717, 1.165) is 0 Å². The van der Waals surface area contributed by atoms with Crippen LogP contribution < -0.4 is 0 Å². The van der Waals surface area contributed by atoms with Crippen LogP contribution in [0.5, 0.6) is 0 Å². The number of likely N-dealkylation sites (tertiary alicyclic amines) is 1. The lowest BCUT2D eigenvalue weighted by atomic mass is 9.83. The summed E-state index contributed by atoms with van der Waals surface area (Å²) >= 11 is 0. The normalized spacial score (nSPS) is 20.6. The van der Waals surface area contributed by atoms with Crippen LogP contribution in [0.2, 0.25) is 0 Å². The molecule has 0 N–H and O–H groups in total.